The lowest BCUT2D eigenvalue weighted by molar-refractivity contribution is 0.415. The van der Waals surface area contributed by atoms with E-state index in [4.69, 9.17) is 10.5 Å². The van der Waals surface area contributed by atoms with Crippen molar-refractivity contribution < 1.29 is 4.74 Å². The summed E-state index contributed by atoms with van der Waals surface area (Å²) in [5.41, 5.74) is 8.81. The van der Waals surface area contributed by atoms with Gasteiger partial charge in [-0.2, -0.15) is 14.6 Å². The number of anilines is 1. The van der Waals surface area contributed by atoms with E-state index in [0.717, 1.165) is 22.6 Å². The molecule has 0 fully saturated rings. The summed E-state index contributed by atoms with van der Waals surface area (Å²) in [7, 11) is 1.64. The molecule has 0 aliphatic rings. The van der Waals surface area contributed by atoms with Crippen molar-refractivity contribution in [1.29, 1.82) is 0 Å². The molecule has 2 N–H and O–H groups in total. The highest BCUT2D eigenvalue weighted by atomic mass is 16.5. The Balaban J connectivity index is 2.22. The molecule has 0 spiro atoms. The molecule has 0 atom stereocenters. The van der Waals surface area contributed by atoms with E-state index in [1.165, 1.54) is 10.8 Å². The average Bonchev–Trinajstić information content (AvgIpc) is 2.88. The van der Waals surface area contributed by atoms with E-state index in [9.17, 15) is 0 Å². The Morgan fingerprint density at radius 2 is 1.95 bits per heavy atom. The zero-order chi connectivity index (χ0) is 13.4. The Labute approximate surface area is 109 Å². The van der Waals surface area contributed by atoms with E-state index in [2.05, 4.69) is 15.1 Å². The highest BCUT2D eigenvalue weighted by Gasteiger charge is 2.13. The van der Waals surface area contributed by atoms with Crippen molar-refractivity contribution in [3.63, 3.8) is 0 Å². The van der Waals surface area contributed by atoms with Crippen molar-refractivity contribution in [2.75, 3.05) is 12.8 Å². The lowest BCUT2D eigenvalue weighted by Crippen LogP contribution is -2.05. The first-order valence-electron chi connectivity index (χ1n) is 5.81. The van der Waals surface area contributed by atoms with E-state index in [0.29, 0.717) is 11.6 Å². The minimum absolute atomic E-state index is 0.507. The van der Waals surface area contributed by atoms with Gasteiger partial charge in [-0.3, -0.25) is 0 Å². The summed E-state index contributed by atoms with van der Waals surface area (Å²) >= 11 is 0. The van der Waals surface area contributed by atoms with E-state index in [-0.39, 0.29) is 0 Å². The molecule has 1 aromatic carbocycles. The largest absolute Gasteiger partial charge is 0.497 e. The van der Waals surface area contributed by atoms with E-state index in [1.54, 1.807) is 7.11 Å². The van der Waals surface area contributed by atoms with Crippen LogP contribution in [0.3, 0.4) is 0 Å². The molecule has 0 aliphatic carbocycles. The number of aryl methyl sites for hydroxylation is 1. The van der Waals surface area contributed by atoms with Crippen LogP contribution in [0.15, 0.2) is 30.6 Å². The molecule has 6 nitrogen and oxygen atoms in total. The molecule has 0 saturated heterocycles. The number of nitrogens with two attached hydrogens (primary N) is 1. The van der Waals surface area contributed by atoms with Crippen molar-refractivity contribution in [3.05, 3.63) is 36.3 Å². The molecule has 0 unspecified atom stereocenters. The molecule has 0 bridgehead atoms. The highest BCUT2D eigenvalue weighted by Crippen LogP contribution is 2.29. The van der Waals surface area contributed by atoms with E-state index < -0.39 is 0 Å². The lowest BCUT2D eigenvalue weighted by atomic mass is 10.0. The fourth-order valence-electron chi connectivity index (χ4n) is 2.09. The molecule has 0 amide bonds. The van der Waals surface area contributed by atoms with Crippen molar-refractivity contribution in [1.82, 2.24) is 19.6 Å². The van der Waals surface area contributed by atoms with E-state index in [1.807, 2.05) is 31.2 Å². The smallest absolute Gasteiger partial charge is 0.254 e. The van der Waals surface area contributed by atoms with Crippen LogP contribution < -0.4 is 10.5 Å². The molecular weight excluding hydrogens is 242 g/mol. The fraction of sp³-hybridized carbons (Fsp3) is 0.154. The molecule has 3 rings (SSSR count). The number of hydrogen-bond acceptors (Lipinski definition) is 5. The van der Waals surface area contributed by atoms with Crippen molar-refractivity contribution in [3.8, 4) is 16.9 Å². The van der Waals surface area contributed by atoms with Crippen LogP contribution in [0, 0.1) is 6.92 Å². The van der Waals surface area contributed by atoms with Crippen LogP contribution in [-0.4, -0.2) is 26.7 Å². The number of fused-ring (bicyclic) bond motifs is 1. The van der Waals surface area contributed by atoms with Gasteiger partial charge in [-0.05, 0) is 24.6 Å². The fourth-order valence-corrected chi connectivity index (χ4v) is 2.09. The molecule has 2 heterocycles. The van der Waals surface area contributed by atoms with Crippen LogP contribution in [0.4, 0.5) is 5.82 Å². The zero-order valence-corrected chi connectivity index (χ0v) is 10.7. The van der Waals surface area contributed by atoms with Gasteiger partial charge in [0.1, 0.15) is 17.9 Å². The monoisotopic (exact) mass is 255 g/mol. The third-order valence-electron chi connectivity index (χ3n) is 3.02. The quantitative estimate of drug-likeness (QED) is 0.753. The van der Waals surface area contributed by atoms with Crippen LogP contribution in [0.1, 0.15) is 5.69 Å². The lowest BCUT2D eigenvalue weighted by Gasteiger charge is -2.10. The van der Waals surface area contributed by atoms with Gasteiger partial charge in [-0.15, -0.1) is 0 Å². The Morgan fingerprint density at radius 1 is 1.21 bits per heavy atom. The molecule has 0 saturated carbocycles. The molecular formula is C13H13N5O. The van der Waals surface area contributed by atoms with Crippen LogP contribution in [0.5, 0.6) is 5.75 Å². The van der Waals surface area contributed by atoms with Gasteiger partial charge in [0, 0.05) is 5.56 Å². The Kier molecular flexibility index (Phi) is 2.56. The third kappa shape index (κ3) is 1.77. The normalized spacial score (nSPS) is 10.8. The number of aromatic nitrogens is 4. The van der Waals surface area contributed by atoms with Crippen LogP contribution in [0.25, 0.3) is 16.9 Å². The second kappa shape index (κ2) is 4.24. The second-order valence-electron chi connectivity index (χ2n) is 4.16. The van der Waals surface area contributed by atoms with Gasteiger partial charge in [0.15, 0.2) is 0 Å². The molecule has 6 heteroatoms. The number of rotatable bonds is 2. The number of ether oxygens (including phenoxy) is 1. The first kappa shape index (κ1) is 11.5. The Morgan fingerprint density at radius 3 is 2.63 bits per heavy atom. The molecule has 0 aliphatic heterocycles. The minimum Gasteiger partial charge on any atom is -0.497 e. The van der Waals surface area contributed by atoms with Gasteiger partial charge >= 0.3 is 0 Å². The summed E-state index contributed by atoms with van der Waals surface area (Å²) in [6.45, 7) is 1.91. The predicted octanol–water partition coefficient (Wildman–Crippen LogP) is 1.69. The first-order valence-corrected chi connectivity index (χ1v) is 5.81. The van der Waals surface area contributed by atoms with Gasteiger partial charge in [-0.1, -0.05) is 12.1 Å². The van der Waals surface area contributed by atoms with Crippen molar-refractivity contribution >= 4 is 11.6 Å². The molecule has 19 heavy (non-hydrogen) atoms. The predicted molar refractivity (Wildman–Crippen MR) is 71.9 cm³/mol. The third-order valence-corrected chi connectivity index (χ3v) is 3.02. The first-order chi connectivity index (χ1) is 9.20. The SMILES string of the molecule is COc1ccc(-c2c(C)nc3ncnn3c2N)cc1. The van der Waals surface area contributed by atoms with Crippen LogP contribution >= 0.6 is 0 Å². The zero-order valence-electron chi connectivity index (χ0n) is 10.7. The average molecular weight is 255 g/mol. The second-order valence-corrected chi connectivity index (χ2v) is 4.16. The Bertz CT molecular complexity index is 733. The summed E-state index contributed by atoms with van der Waals surface area (Å²) in [5.74, 6) is 1.84. The maximum absolute atomic E-state index is 6.16. The number of nitrogens with zero attached hydrogens (tertiary/aromatic N) is 4. The minimum atomic E-state index is 0.507. The summed E-state index contributed by atoms with van der Waals surface area (Å²) in [6, 6.07) is 7.67. The topological polar surface area (TPSA) is 78.3 Å². The van der Waals surface area contributed by atoms with Gasteiger partial charge in [0.05, 0.1) is 12.8 Å². The van der Waals surface area contributed by atoms with Gasteiger partial charge in [0.25, 0.3) is 5.78 Å². The van der Waals surface area contributed by atoms with Gasteiger partial charge in [0.2, 0.25) is 0 Å². The maximum Gasteiger partial charge on any atom is 0.254 e. The molecule has 3 aromatic rings. The molecule has 0 radical (unpaired) electrons. The highest BCUT2D eigenvalue weighted by molar-refractivity contribution is 5.77. The number of methoxy groups -OCH3 is 1. The number of hydrogen-bond donors (Lipinski definition) is 1. The summed E-state index contributed by atoms with van der Waals surface area (Å²) in [5, 5.41) is 4.07. The van der Waals surface area contributed by atoms with Crippen LogP contribution in [0.2, 0.25) is 0 Å². The number of nitrogen functional groups attached to an aromatic ring is 1. The number of benzene rings is 1. The molecule has 2 aromatic heterocycles. The summed E-state index contributed by atoms with van der Waals surface area (Å²) in [4.78, 5) is 8.44. The van der Waals surface area contributed by atoms with Crippen LogP contribution in [-0.2, 0) is 0 Å². The maximum atomic E-state index is 6.16. The van der Waals surface area contributed by atoms with Gasteiger partial charge in [-0.25, -0.2) is 4.98 Å². The van der Waals surface area contributed by atoms with Gasteiger partial charge < -0.3 is 10.5 Å². The Hall–Kier alpha value is -2.63. The summed E-state index contributed by atoms with van der Waals surface area (Å²) < 4.78 is 6.68. The van der Waals surface area contributed by atoms with Crippen molar-refractivity contribution in [2.24, 2.45) is 0 Å². The van der Waals surface area contributed by atoms with E-state index >= 15 is 0 Å². The van der Waals surface area contributed by atoms with Crippen molar-refractivity contribution in [2.45, 2.75) is 6.92 Å². The summed E-state index contributed by atoms with van der Waals surface area (Å²) in [6.07, 6.45) is 1.44. The molecule has 96 valence electrons. The standard InChI is InChI=1S/C13H13N5O/c1-8-11(9-3-5-10(19-2)6-4-9)12(14)18-13(17-8)15-7-16-18/h3-7H,14H2,1-2H3.